The number of carboxylic acid groups (broad SMARTS) is 1. The molecule has 2 atom stereocenters. The number of carbonyl (C=O) groups excluding carboxylic acids is 1. The lowest BCUT2D eigenvalue weighted by molar-refractivity contribution is -0.139. The normalized spacial score (nSPS) is 12.7. The van der Waals surface area contributed by atoms with Crippen molar-refractivity contribution in [2.24, 2.45) is 0 Å². The predicted molar refractivity (Wildman–Crippen MR) is 123 cm³/mol. The second-order valence-electron chi connectivity index (χ2n) is 6.71. The average Bonchev–Trinajstić information content (AvgIpc) is 3.08. The molecule has 0 aliphatic rings. The fourth-order valence-electron chi connectivity index (χ4n) is 2.92. The van der Waals surface area contributed by atoms with Crippen LogP contribution < -0.4 is 10.6 Å². The van der Waals surface area contributed by atoms with Crippen LogP contribution >= 0.6 is 22.9 Å². The Hall–Kier alpha value is -2.75. The number of anilines is 1. The van der Waals surface area contributed by atoms with Gasteiger partial charge in [-0.05, 0) is 30.2 Å². The highest BCUT2D eigenvalue weighted by Crippen LogP contribution is 2.35. The number of nitrogens with zero attached hydrogens (tertiary/aromatic N) is 1. The minimum absolute atomic E-state index is 0.160. The number of aryl methyl sites for hydroxylation is 1. The maximum absolute atomic E-state index is 12.4. The first kappa shape index (κ1) is 22.9. The molecule has 162 valence electrons. The smallest absolute Gasteiger partial charge is 0.326 e. The molecule has 0 fully saturated rings. The van der Waals surface area contributed by atoms with E-state index >= 15 is 0 Å². The average molecular weight is 478 g/mol. The number of benzene rings is 2. The third kappa shape index (κ3) is 5.90. The summed E-state index contributed by atoms with van der Waals surface area (Å²) in [5.41, 5.74) is 2.26. The van der Waals surface area contributed by atoms with Crippen LogP contribution in [0.2, 0.25) is 5.02 Å². The second kappa shape index (κ2) is 10.0. The lowest BCUT2D eigenvalue weighted by Gasteiger charge is -2.14. The minimum Gasteiger partial charge on any atom is -0.480 e. The van der Waals surface area contributed by atoms with E-state index in [9.17, 15) is 18.9 Å². The van der Waals surface area contributed by atoms with Crippen molar-refractivity contribution in [3.8, 4) is 10.4 Å². The molecule has 0 aliphatic heterocycles. The van der Waals surface area contributed by atoms with Crippen molar-refractivity contribution in [3.05, 3.63) is 64.8 Å². The number of rotatable bonds is 7. The molecule has 0 radical (unpaired) electrons. The lowest BCUT2D eigenvalue weighted by atomic mass is 10.1. The van der Waals surface area contributed by atoms with Crippen molar-refractivity contribution in [1.29, 1.82) is 0 Å². The van der Waals surface area contributed by atoms with Gasteiger partial charge in [-0.1, -0.05) is 59.3 Å². The summed E-state index contributed by atoms with van der Waals surface area (Å²) in [7, 11) is -1.24. The predicted octanol–water partition coefficient (Wildman–Crippen LogP) is 4.33. The number of thiazole rings is 1. The van der Waals surface area contributed by atoms with Crippen molar-refractivity contribution in [2.45, 2.75) is 24.3 Å². The van der Waals surface area contributed by atoms with E-state index in [2.05, 4.69) is 15.6 Å². The van der Waals surface area contributed by atoms with Crippen LogP contribution in [0, 0.1) is 6.92 Å². The Morgan fingerprint density at radius 3 is 2.58 bits per heavy atom. The summed E-state index contributed by atoms with van der Waals surface area (Å²) in [6.07, 6.45) is 1.71. The van der Waals surface area contributed by atoms with E-state index in [-0.39, 0.29) is 6.42 Å². The van der Waals surface area contributed by atoms with Gasteiger partial charge in [-0.25, -0.2) is 14.6 Å². The van der Waals surface area contributed by atoms with Gasteiger partial charge < -0.3 is 10.4 Å². The van der Waals surface area contributed by atoms with Crippen LogP contribution in [0.15, 0.2) is 53.4 Å². The Morgan fingerprint density at radius 1 is 1.23 bits per heavy atom. The summed E-state index contributed by atoms with van der Waals surface area (Å²) in [6.45, 7) is 1.79. The summed E-state index contributed by atoms with van der Waals surface area (Å²) >= 11 is 7.34. The number of hydrogen-bond donors (Lipinski definition) is 3. The molecule has 7 nitrogen and oxygen atoms in total. The highest BCUT2D eigenvalue weighted by molar-refractivity contribution is 7.84. The Kier molecular flexibility index (Phi) is 7.42. The zero-order valence-corrected chi connectivity index (χ0v) is 19.1. The number of nitrogens with one attached hydrogen (secondary N) is 2. The standard InChI is InChI=1S/C21H20ClN3O4S2/c1-12-18(14-8-9-15(22)17(11-14)31(2)29)30-21(23-12)25-20(28)24-16(19(26)27)10-13-6-4-3-5-7-13/h3-9,11,16H,10H2,1-2H3,(H,26,27)(H2,23,24,25,28). The third-order valence-corrected chi connectivity index (χ3v) is 6.93. The number of hydrogen-bond acceptors (Lipinski definition) is 5. The second-order valence-corrected chi connectivity index (χ2v) is 9.47. The number of urea groups is 1. The van der Waals surface area contributed by atoms with Gasteiger partial charge in [-0.15, -0.1) is 0 Å². The first-order chi connectivity index (χ1) is 14.7. The molecule has 0 saturated heterocycles. The molecule has 2 amide bonds. The third-order valence-electron chi connectivity index (χ3n) is 4.41. The number of amides is 2. The van der Waals surface area contributed by atoms with Gasteiger partial charge in [0.25, 0.3) is 0 Å². The van der Waals surface area contributed by atoms with E-state index in [1.807, 2.05) is 18.2 Å². The highest BCUT2D eigenvalue weighted by atomic mass is 35.5. The van der Waals surface area contributed by atoms with Crippen LogP contribution in [0.3, 0.4) is 0 Å². The van der Waals surface area contributed by atoms with Gasteiger partial charge in [-0.3, -0.25) is 9.53 Å². The number of aromatic nitrogens is 1. The van der Waals surface area contributed by atoms with Crippen molar-refractivity contribution < 1.29 is 18.9 Å². The summed E-state index contributed by atoms with van der Waals surface area (Å²) in [6, 6.07) is 12.5. The molecule has 1 heterocycles. The van der Waals surface area contributed by atoms with Crippen LogP contribution in [0.5, 0.6) is 0 Å². The summed E-state index contributed by atoms with van der Waals surface area (Å²) in [5, 5.41) is 15.3. The molecule has 3 aromatic rings. The molecule has 0 saturated carbocycles. The maximum Gasteiger partial charge on any atom is 0.326 e. The Morgan fingerprint density at radius 2 is 1.94 bits per heavy atom. The highest BCUT2D eigenvalue weighted by Gasteiger charge is 2.21. The molecule has 0 spiro atoms. The van der Waals surface area contributed by atoms with Gasteiger partial charge in [0.15, 0.2) is 5.13 Å². The van der Waals surface area contributed by atoms with E-state index in [1.165, 1.54) is 11.3 Å². The Balaban J connectivity index is 1.73. The fraction of sp³-hybridized carbons (Fsp3) is 0.190. The quantitative estimate of drug-likeness (QED) is 0.469. The lowest BCUT2D eigenvalue weighted by Crippen LogP contribution is -2.44. The molecule has 2 aromatic carbocycles. The van der Waals surface area contributed by atoms with Crippen molar-refractivity contribution in [1.82, 2.24) is 10.3 Å². The van der Waals surface area contributed by atoms with Crippen LogP contribution in [0.25, 0.3) is 10.4 Å². The van der Waals surface area contributed by atoms with E-state index in [4.69, 9.17) is 11.6 Å². The van der Waals surface area contributed by atoms with Crippen LogP contribution in [-0.2, 0) is 22.0 Å². The molecule has 3 N–H and O–H groups in total. The van der Waals surface area contributed by atoms with E-state index in [0.29, 0.717) is 20.7 Å². The number of aliphatic carboxylic acids is 1. The summed E-state index contributed by atoms with van der Waals surface area (Å²) in [4.78, 5) is 29.6. The van der Waals surface area contributed by atoms with Crippen molar-refractivity contribution in [2.75, 3.05) is 11.6 Å². The SMILES string of the molecule is Cc1nc(NC(=O)NC(Cc2ccccc2)C(=O)O)sc1-c1ccc(Cl)c(S(C)=O)c1. The van der Waals surface area contributed by atoms with Crippen molar-refractivity contribution >= 4 is 50.9 Å². The van der Waals surface area contributed by atoms with Crippen LogP contribution in [0.1, 0.15) is 11.3 Å². The number of carbonyl (C=O) groups is 2. The zero-order valence-electron chi connectivity index (χ0n) is 16.7. The van der Waals surface area contributed by atoms with Gasteiger partial charge in [-0.2, -0.15) is 0 Å². The molecule has 0 bridgehead atoms. The zero-order chi connectivity index (χ0) is 22.5. The van der Waals surface area contributed by atoms with Crippen LogP contribution in [-0.4, -0.2) is 38.6 Å². The van der Waals surface area contributed by atoms with E-state index in [0.717, 1.165) is 16.0 Å². The summed E-state index contributed by atoms with van der Waals surface area (Å²) in [5.74, 6) is -1.13. The van der Waals surface area contributed by atoms with Gasteiger partial charge >= 0.3 is 12.0 Å². The molecule has 10 heteroatoms. The van der Waals surface area contributed by atoms with E-state index in [1.54, 1.807) is 43.5 Å². The van der Waals surface area contributed by atoms with Gasteiger partial charge in [0.2, 0.25) is 0 Å². The molecule has 0 aliphatic carbocycles. The monoisotopic (exact) mass is 477 g/mol. The fourth-order valence-corrected chi connectivity index (χ4v) is 4.96. The first-order valence-corrected chi connectivity index (χ1v) is 11.9. The Bertz CT molecular complexity index is 1130. The topological polar surface area (TPSA) is 108 Å². The molecular formula is C21H20ClN3O4S2. The molecule has 31 heavy (non-hydrogen) atoms. The van der Waals surface area contributed by atoms with Crippen molar-refractivity contribution in [3.63, 3.8) is 0 Å². The molecular weight excluding hydrogens is 458 g/mol. The van der Waals surface area contributed by atoms with Gasteiger partial charge in [0.1, 0.15) is 6.04 Å². The molecule has 3 rings (SSSR count). The van der Waals surface area contributed by atoms with Crippen LogP contribution in [0.4, 0.5) is 9.93 Å². The number of carboxylic acids is 1. The first-order valence-electron chi connectivity index (χ1n) is 9.19. The van der Waals surface area contributed by atoms with E-state index < -0.39 is 28.8 Å². The number of halogens is 1. The Labute approximate surface area is 190 Å². The molecule has 1 aromatic heterocycles. The molecule has 2 unspecified atom stereocenters. The summed E-state index contributed by atoms with van der Waals surface area (Å²) < 4.78 is 11.9. The maximum atomic E-state index is 12.4. The minimum atomic E-state index is -1.24. The van der Waals surface area contributed by atoms with Gasteiger partial charge in [0.05, 0.1) is 31.3 Å². The largest absolute Gasteiger partial charge is 0.480 e. The van der Waals surface area contributed by atoms with Gasteiger partial charge in [0, 0.05) is 12.7 Å².